The van der Waals surface area contributed by atoms with Gasteiger partial charge in [0.15, 0.2) is 5.82 Å². The lowest BCUT2D eigenvalue weighted by atomic mass is 9.91. The lowest BCUT2D eigenvalue weighted by Gasteiger charge is -2.22. The molecule has 3 amide bonds. The summed E-state index contributed by atoms with van der Waals surface area (Å²) in [6.07, 6.45) is 1.73. The second-order valence-corrected chi connectivity index (χ2v) is 7.93. The summed E-state index contributed by atoms with van der Waals surface area (Å²) in [5, 5.41) is 10.0. The Morgan fingerprint density at radius 1 is 1.22 bits per heavy atom. The van der Waals surface area contributed by atoms with Crippen LogP contribution in [0.3, 0.4) is 0 Å². The molecule has 10 heteroatoms. The van der Waals surface area contributed by atoms with E-state index in [1.54, 1.807) is 19.2 Å². The number of halogens is 1. The van der Waals surface area contributed by atoms with E-state index in [9.17, 15) is 18.8 Å². The third kappa shape index (κ3) is 3.43. The summed E-state index contributed by atoms with van der Waals surface area (Å²) < 4.78 is 20.2. The van der Waals surface area contributed by atoms with Gasteiger partial charge in [-0.1, -0.05) is 0 Å². The van der Waals surface area contributed by atoms with E-state index in [1.165, 1.54) is 40.1 Å². The van der Waals surface area contributed by atoms with E-state index in [4.69, 9.17) is 4.42 Å². The highest BCUT2D eigenvalue weighted by Gasteiger charge is 2.38. The molecule has 0 unspecified atom stereocenters. The van der Waals surface area contributed by atoms with E-state index in [2.05, 4.69) is 15.7 Å². The maximum atomic E-state index is 13.2. The summed E-state index contributed by atoms with van der Waals surface area (Å²) in [5.74, 6) is -0.689. The number of carbonyl (C=O) groups excluding carboxylic acids is 3. The van der Waals surface area contributed by atoms with Crippen molar-refractivity contribution in [3.8, 4) is 0 Å². The summed E-state index contributed by atoms with van der Waals surface area (Å²) in [6.45, 7) is 0.184. The number of furan rings is 1. The number of carbonyl (C=O) groups is 3. The van der Waals surface area contributed by atoms with Crippen LogP contribution in [0.25, 0.3) is 0 Å². The summed E-state index contributed by atoms with van der Waals surface area (Å²) in [7, 11) is 1.68. The third-order valence-corrected chi connectivity index (χ3v) is 5.84. The molecule has 2 aromatic heterocycles. The van der Waals surface area contributed by atoms with Crippen LogP contribution in [0, 0.1) is 11.7 Å². The standard InChI is InChI=1S/C22H20FN5O4/c1-27-21-19(15(10-17(29)24-21)16-3-2-8-32-16)20(26-27)25-22(31)12-9-18(30)28(11-12)14-6-4-13(23)5-7-14/h2-8,12,15H,9-11H2,1H3,(H,24,29)(H,25,26,31)/t12-,15-/m0/s1. The number of hydrogen-bond acceptors (Lipinski definition) is 5. The van der Waals surface area contributed by atoms with Crippen LogP contribution in [-0.2, 0) is 21.4 Å². The van der Waals surface area contributed by atoms with Crippen molar-refractivity contribution in [1.29, 1.82) is 0 Å². The number of fused-ring (bicyclic) bond motifs is 1. The summed E-state index contributed by atoms with van der Waals surface area (Å²) >= 11 is 0. The molecular weight excluding hydrogens is 417 g/mol. The molecule has 0 spiro atoms. The Morgan fingerprint density at radius 3 is 2.72 bits per heavy atom. The quantitative estimate of drug-likeness (QED) is 0.652. The van der Waals surface area contributed by atoms with Gasteiger partial charge in [0.2, 0.25) is 17.7 Å². The van der Waals surface area contributed by atoms with Gasteiger partial charge in [-0.3, -0.25) is 19.1 Å². The van der Waals surface area contributed by atoms with Crippen molar-refractivity contribution >= 4 is 35.0 Å². The van der Waals surface area contributed by atoms with Gasteiger partial charge in [0.25, 0.3) is 0 Å². The van der Waals surface area contributed by atoms with E-state index in [-0.39, 0.29) is 37.1 Å². The Balaban J connectivity index is 1.39. The van der Waals surface area contributed by atoms with Gasteiger partial charge in [0.1, 0.15) is 17.4 Å². The van der Waals surface area contributed by atoms with Crippen LogP contribution >= 0.6 is 0 Å². The van der Waals surface area contributed by atoms with Crippen LogP contribution in [0.4, 0.5) is 21.7 Å². The average Bonchev–Trinajstić information content (AvgIpc) is 3.49. The predicted octanol–water partition coefficient (Wildman–Crippen LogP) is 2.62. The highest BCUT2D eigenvalue weighted by atomic mass is 19.1. The molecule has 3 aromatic rings. The molecule has 0 radical (unpaired) electrons. The predicted molar refractivity (Wildman–Crippen MR) is 112 cm³/mol. The highest BCUT2D eigenvalue weighted by Crippen LogP contribution is 2.41. The minimum absolute atomic E-state index is 0.0383. The molecule has 32 heavy (non-hydrogen) atoms. The van der Waals surface area contributed by atoms with Gasteiger partial charge >= 0.3 is 0 Å². The molecule has 2 aliphatic heterocycles. The molecule has 1 aromatic carbocycles. The minimum Gasteiger partial charge on any atom is -0.469 e. The Bertz CT molecular complexity index is 1200. The molecule has 0 bridgehead atoms. The summed E-state index contributed by atoms with van der Waals surface area (Å²) in [4.78, 5) is 39.2. The fraction of sp³-hybridized carbons (Fsp3) is 0.273. The van der Waals surface area contributed by atoms with E-state index in [0.29, 0.717) is 28.6 Å². The first-order chi connectivity index (χ1) is 15.4. The van der Waals surface area contributed by atoms with Crippen molar-refractivity contribution in [2.75, 3.05) is 22.1 Å². The van der Waals surface area contributed by atoms with Gasteiger partial charge in [0, 0.05) is 32.1 Å². The molecular formula is C22H20FN5O4. The molecule has 2 atom stereocenters. The van der Waals surface area contributed by atoms with Gasteiger partial charge in [-0.2, -0.15) is 5.10 Å². The first-order valence-corrected chi connectivity index (χ1v) is 10.2. The largest absolute Gasteiger partial charge is 0.469 e. The van der Waals surface area contributed by atoms with Crippen molar-refractivity contribution in [3.63, 3.8) is 0 Å². The lowest BCUT2D eigenvalue weighted by Crippen LogP contribution is -2.29. The number of hydrogen-bond donors (Lipinski definition) is 2. The van der Waals surface area contributed by atoms with Gasteiger partial charge < -0.3 is 20.0 Å². The average molecular weight is 437 g/mol. The van der Waals surface area contributed by atoms with E-state index in [1.807, 2.05) is 0 Å². The number of benzene rings is 1. The van der Waals surface area contributed by atoms with Crippen molar-refractivity contribution in [2.45, 2.75) is 18.8 Å². The third-order valence-electron chi connectivity index (χ3n) is 5.84. The molecule has 1 saturated heterocycles. The fourth-order valence-corrected chi connectivity index (χ4v) is 4.29. The van der Waals surface area contributed by atoms with Crippen molar-refractivity contribution in [1.82, 2.24) is 9.78 Å². The smallest absolute Gasteiger partial charge is 0.231 e. The normalized spacial score (nSPS) is 20.2. The zero-order chi connectivity index (χ0) is 22.4. The number of aromatic nitrogens is 2. The van der Waals surface area contributed by atoms with Gasteiger partial charge in [-0.15, -0.1) is 0 Å². The number of anilines is 3. The van der Waals surface area contributed by atoms with Crippen LogP contribution in [0.2, 0.25) is 0 Å². The molecule has 2 N–H and O–H groups in total. The molecule has 0 saturated carbocycles. The Kier molecular flexibility index (Phi) is 4.76. The van der Waals surface area contributed by atoms with Crippen molar-refractivity contribution in [2.24, 2.45) is 13.0 Å². The van der Waals surface area contributed by atoms with E-state index in [0.717, 1.165) is 0 Å². The number of rotatable bonds is 4. The molecule has 4 heterocycles. The number of nitrogens with zero attached hydrogens (tertiary/aromatic N) is 3. The Labute approximate surface area is 182 Å². The summed E-state index contributed by atoms with van der Waals surface area (Å²) in [5.41, 5.74) is 1.21. The van der Waals surface area contributed by atoms with E-state index >= 15 is 0 Å². The number of nitrogens with one attached hydrogen (secondary N) is 2. The summed E-state index contributed by atoms with van der Waals surface area (Å²) in [6, 6.07) is 9.10. The second kappa shape index (κ2) is 7.63. The lowest BCUT2D eigenvalue weighted by molar-refractivity contribution is -0.122. The monoisotopic (exact) mass is 437 g/mol. The van der Waals surface area contributed by atoms with Gasteiger partial charge in [-0.25, -0.2) is 4.39 Å². The first-order valence-electron chi connectivity index (χ1n) is 10.2. The van der Waals surface area contributed by atoms with Gasteiger partial charge in [0.05, 0.1) is 23.7 Å². The second-order valence-electron chi connectivity index (χ2n) is 7.93. The van der Waals surface area contributed by atoms with Crippen LogP contribution in [0.5, 0.6) is 0 Å². The van der Waals surface area contributed by atoms with Crippen LogP contribution in [-0.4, -0.2) is 34.0 Å². The van der Waals surface area contributed by atoms with Gasteiger partial charge in [-0.05, 0) is 36.4 Å². The topological polar surface area (TPSA) is 109 Å². The van der Waals surface area contributed by atoms with Crippen LogP contribution in [0.1, 0.15) is 30.1 Å². The molecule has 2 aliphatic rings. The SMILES string of the molecule is Cn1nc(NC(=O)[C@H]2CC(=O)N(c3ccc(F)cc3)C2)c2c1NC(=O)C[C@H]2c1ccco1. The maximum absolute atomic E-state index is 13.2. The van der Waals surface area contributed by atoms with Crippen LogP contribution in [0.15, 0.2) is 47.1 Å². The fourth-order valence-electron chi connectivity index (χ4n) is 4.29. The molecule has 164 valence electrons. The first kappa shape index (κ1) is 20.0. The van der Waals surface area contributed by atoms with Crippen molar-refractivity contribution < 1.29 is 23.2 Å². The number of aryl methyl sites for hydroxylation is 1. The molecule has 9 nitrogen and oxygen atoms in total. The Hall–Kier alpha value is -3.95. The maximum Gasteiger partial charge on any atom is 0.231 e. The molecule has 1 fully saturated rings. The minimum atomic E-state index is -0.592. The zero-order valence-corrected chi connectivity index (χ0v) is 17.2. The van der Waals surface area contributed by atoms with Crippen LogP contribution < -0.4 is 15.5 Å². The molecule has 0 aliphatic carbocycles. The Morgan fingerprint density at radius 2 is 2.00 bits per heavy atom. The molecule has 5 rings (SSSR count). The van der Waals surface area contributed by atoms with E-state index < -0.39 is 17.7 Å². The highest BCUT2D eigenvalue weighted by molar-refractivity contribution is 6.04. The number of amides is 3. The zero-order valence-electron chi connectivity index (χ0n) is 17.2. The van der Waals surface area contributed by atoms with Crippen molar-refractivity contribution in [3.05, 3.63) is 59.8 Å².